The maximum absolute atomic E-state index is 11.9. The van der Waals surface area contributed by atoms with Gasteiger partial charge < -0.3 is 20.7 Å². The molecule has 0 radical (unpaired) electrons. The first-order valence-corrected chi connectivity index (χ1v) is 9.27. The van der Waals surface area contributed by atoms with E-state index in [9.17, 15) is 9.59 Å². The van der Waals surface area contributed by atoms with Crippen LogP contribution >= 0.6 is 24.0 Å². The van der Waals surface area contributed by atoms with Gasteiger partial charge in [-0.25, -0.2) is 0 Å². The van der Waals surface area contributed by atoms with Crippen molar-refractivity contribution in [3.63, 3.8) is 0 Å². The fourth-order valence-corrected chi connectivity index (χ4v) is 2.93. The number of nitrogens with zero attached hydrogens (tertiary/aromatic N) is 1. The zero-order valence-electron chi connectivity index (χ0n) is 16.7. The van der Waals surface area contributed by atoms with Gasteiger partial charge in [0.15, 0.2) is 5.96 Å². The van der Waals surface area contributed by atoms with Crippen molar-refractivity contribution in [3.8, 4) is 0 Å². The molecular weight excluding hydrogens is 447 g/mol. The third-order valence-corrected chi connectivity index (χ3v) is 4.51. The third kappa shape index (κ3) is 8.09. The molecule has 0 aromatic carbocycles. The fraction of sp³-hybridized carbons (Fsp3) is 0.833. The van der Waals surface area contributed by atoms with Crippen LogP contribution in [0.5, 0.6) is 0 Å². The second kappa shape index (κ2) is 12.3. The van der Waals surface area contributed by atoms with E-state index >= 15 is 0 Å². The Hall–Kier alpha value is -1.06. The Bertz CT molecular complexity index is 475. The summed E-state index contributed by atoms with van der Waals surface area (Å²) >= 11 is 0. The molecule has 0 bridgehead atoms. The molecule has 0 aromatic heterocycles. The molecule has 3 N–H and O–H groups in total. The van der Waals surface area contributed by atoms with E-state index in [1.165, 1.54) is 0 Å². The van der Waals surface area contributed by atoms with E-state index in [0.717, 1.165) is 38.2 Å². The first-order chi connectivity index (χ1) is 11.8. The van der Waals surface area contributed by atoms with Crippen LogP contribution < -0.4 is 16.0 Å². The summed E-state index contributed by atoms with van der Waals surface area (Å²) in [4.78, 5) is 28.3. The summed E-state index contributed by atoms with van der Waals surface area (Å²) in [5, 5.41) is 9.34. The highest BCUT2D eigenvalue weighted by Crippen LogP contribution is 2.25. The molecule has 1 saturated carbocycles. The van der Waals surface area contributed by atoms with Crippen molar-refractivity contribution in [1.29, 1.82) is 0 Å². The Kier molecular flexibility index (Phi) is 11.8. The van der Waals surface area contributed by atoms with Crippen LogP contribution in [0, 0.1) is 11.3 Å². The van der Waals surface area contributed by atoms with Crippen LogP contribution in [-0.2, 0) is 14.3 Å². The van der Waals surface area contributed by atoms with Gasteiger partial charge in [-0.3, -0.25) is 14.6 Å². The number of carbonyl (C=O) groups excluding carboxylic acids is 2. The van der Waals surface area contributed by atoms with Crippen LogP contribution in [-0.4, -0.2) is 50.6 Å². The minimum absolute atomic E-state index is 0. The number of hydrogen-bond acceptors (Lipinski definition) is 4. The SMILES string of the molecule is CCNC(=NCC(C)(C)C(=O)NC)NC1CCC(C(=O)OCC)CC1.I. The van der Waals surface area contributed by atoms with Gasteiger partial charge in [0, 0.05) is 19.6 Å². The van der Waals surface area contributed by atoms with Gasteiger partial charge in [0.25, 0.3) is 0 Å². The number of amides is 1. The summed E-state index contributed by atoms with van der Waals surface area (Å²) in [5.74, 6) is 0.639. The Morgan fingerprint density at radius 3 is 2.27 bits per heavy atom. The van der Waals surface area contributed by atoms with Gasteiger partial charge in [0.05, 0.1) is 24.5 Å². The molecule has 7 nitrogen and oxygen atoms in total. The quantitative estimate of drug-likeness (QED) is 0.224. The maximum Gasteiger partial charge on any atom is 0.308 e. The molecule has 1 aliphatic rings. The monoisotopic (exact) mass is 482 g/mol. The molecule has 0 atom stereocenters. The summed E-state index contributed by atoms with van der Waals surface area (Å²) in [6.07, 6.45) is 3.48. The third-order valence-electron chi connectivity index (χ3n) is 4.51. The number of carbonyl (C=O) groups is 2. The highest BCUT2D eigenvalue weighted by atomic mass is 127. The number of esters is 1. The van der Waals surface area contributed by atoms with Crippen LogP contribution in [0.3, 0.4) is 0 Å². The summed E-state index contributed by atoms with van der Waals surface area (Å²) in [6.45, 7) is 9.20. The highest BCUT2D eigenvalue weighted by Gasteiger charge is 2.29. The molecular formula is C18H35IN4O3. The molecule has 0 aromatic rings. The van der Waals surface area contributed by atoms with E-state index in [4.69, 9.17) is 4.74 Å². The second-order valence-electron chi connectivity index (χ2n) is 7.10. The van der Waals surface area contributed by atoms with Crippen molar-refractivity contribution in [2.45, 2.75) is 59.4 Å². The Balaban J connectivity index is 0.00000625. The van der Waals surface area contributed by atoms with Gasteiger partial charge in [-0.05, 0) is 53.4 Å². The van der Waals surface area contributed by atoms with Gasteiger partial charge in [-0.2, -0.15) is 0 Å². The van der Waals surface area contributed by atoms with Crippen molar-refractivity contribution < 1.29 is 14.3 Å². The van der Waals surface area contributed by atoms with Crippen molar-refractivity contribution >= 4 is 41.8 Å². The van der Waals surface area contributed by atoms with Crippen LogP contribution in [0.1, 0.15) is 53.4 Å². The number of ether oxygens (including phenoxy) is 1. The second-order valence-corrected chi connectivity index (χ2v) is 7.10. The molecule has 0 saturated heterocycles. The molecule has 1 fully saturated rings. The predicted molar refractivity (Wildman–Crippen MR) is 115 cm³/mol. The summed E-state index contributed by atoms with van der Waals surface area (Å²) in [7, 11) is 1.64. The number of halogens is 1. The lowest BCUT2D eigenvalue weighted by molar-refractivity contribution is -0.149. The number of hydrogen-bond donors (Lipinski definition) is 3. The summed E-state index contributed by atoms with van der Waals surface area (Å²) < 4.78 is 5.11. The molecule has 8 heteroatoms. The highest BCUT2D eigenvalue weighted by molar-refractivity contribution is 14.0. The van der Waals surface area contributed by atoms with Crippen molar-refractivity contribution in [3.05, 3.63) is 0 Å². The Morgan fingerprint density at radius 2 is 1.77 bits per heavy atom. The lowest BCUT2D eigenvalue weighted by Crippen LogP contribution is -2.46. The van der Waals surface area contributed by atoms with Gasteiger partial charge in [-0.15, -0.1) is 24.0 Å². The molecule has 0 heterocycles. The van der Waals surface area contributed by atoms with Crippen molar-refractivity contribution in [2.24, 2.45) is 16.3 Å². The fourth-order valence-electron chi connectivity index (χ4n) is 2.93. The summed E-state index contributed by atoms with van der Waals surface area (Å²) in [5.41, 5.74) is -0.557. The molecule has 0 aliphatic heterocycles. The molecule has 0 spiro atoms. The predicted octanol–water partition coefficient (Wildman–Crippen LogP) is 2.05. The van der Waals surface area contributed by atoms with Gasteiger partial charge in [-0.1, -0.05) is 0 Å². The van der Waals surface area contributed by atoms with E-state index in [1.54, 1.807) is 7.05 Å². The van der Waals surface area contributed by atoms with Gasteiger partial charge in [0.1, 0.15) is 0 Å². The summed E-state index contributed by atoms with van der Waals surface area (Å²) in [6, 6.07) is 0.284. The minimum atomic E-state index is -0.557. The standard InChI is InChI=1S/C18H34N4O3.HI/c1-6-20-17(21-12-18(3,4)16(24)19-5)22-14-10-8-13(9-11-14)15(23)25-7-2;/h13-14H,6-12H2,1-5H3,(H,19,24)(H2,20,21,22);1H. The van der Waals surface area contributed by atoms with E-state index in [2.05, 4.69) is 20.9 Å². The molecule has 152 valence electrons. The van der Waals surface area contributed by atoms with Crippen LogP contribution in [0.2, 0.25) is 0 Å². The lowest BCUT2D eigenvalue weighted by Gasteiger charge is -2.29. The van der Waals surface area contributed by atoms with Crippen LogP contribution in [0.4, 0.5) is 0 Å². The normalized spacial score (nSPS) is 20.6. The zero-order chi connectivity index (χ0) is 18.9. The molecule has 1 aliphatic carbocycles. The largest absolute Gasteiger partial charge is 0.466 e. The number of guanidine groups is 1. The number of aliphatic imine (C=N–C) groups is 1. The first-order valence-electron chi connectivity index (χ1n) is 9.27. The molecule has 0 unspecified atom stereocenters. The van der Waals surface area contributed by atoms with E-state index in [-0.39, 0.29) is 47.8 Å². The average Bonchev–Trinajstić information content (AvgIpc) is 2.60. The van der Waals surface area contributed by atoms with Gasteiger partial charge >= 0.3 is 5.97 Å². The van der Waals surface area contributed by atoms with Crippen molar-refractivity contribution in [2.75, 3.05) is 26.7 Å². The van der Waals surface area contributed by atoms with Gasteiger partial charge in [0.2, 0.25) is 5.91 Å². The maximum atomic E-state index is 11.9. The molecule has 1 rings (SSSR count). The number of rotatable bonds is 7. The van der Waals surface area contributed by atoms with E-state index in [1.807, 2.05) is 27.7 Å². The lowest BCUT2D eigenvalue weighted by atomic mass is 9.86. The van der Waals surface area contributed by atoms with Crippen LogP contribution in [0.15, 0.2) is 4.99 Å². The average molecular weight is 482 g/mol. The smallest absolute Gasteiger partial charge is 0.308 e. The number of nitrogens with one attached hydrogen (secondary N) is 3. The van der Waals surface area contributed by atoms with Crippen LogP contribution in [0.25, 0.3) is 0 Å². The Morgan fingerprint density at radius 1 is 1.15 bits per heavy atom. The topological polar surface area (TPSA) is 91.8 Å². The Labute approximate surface area is 174 Å². The zero-order valence-corrected chi connectivity index (χ0v) is 19.0. The van der Waals surface area contributed by atoms with E-state index in [0.29, 0.717) is 13.2 Å². The van der Waals surface area contributed by atoms with E-state index < -0.39 is 5.41 Å². The van der Waals surface area contributed by atoms with Crippen molar-refractivity contribution in [1.82, 2.24) is 16.0 Å². The first kappa shape index (κ1) is 24.9. The minimum Gasteiger partial charge on any atom is -0.466 e. The molecule has 1 amide bonds. The molecule has 26 heavy (non-hydrogen) atoms.